The molecule has 2 saturated heterocycles. The Morgan fingerprint density at radius 1 is 1.05 bits per heavy atom. The second-order valence-corrected chi connectivity index (χ2v) is 11.7. The van der Waals surface area contributed by atoms with E-state index < -0.39 is 0 Å². The first-order valence-corrected chi connectivity index (χ1v) is 14.2. The van der Waals surface area contributed by atoms with Crippen LogP contribution in [0.2, 0.25) is 0 Å². The van der Waals surface area contributed by atoms with Crippen molar-refractivity contribution in [3.05, 3.63) is 62.0 Å². The fourth-order valence-electron chi connectivity index (χ4n) is 5.69. The molecule has 1 aliphatic carbocycles. The first-order valence-electron chi connectivity index (χ1n) is 13.0. The van der Waals surface area contributed by atoms with Gasteiger partial charge in [-0.25, -0.2) is 4.39 Å². The molecule has 0 unspecified atom stereocenters. The second kappa shape index (κ2) is 10.9. The third-order valence-corrected chi connectivity index (χ3v) is 9.11. The number of piperazine rings is 1. The summed E-state index contributed by atoms with van der Waals surface area (Å²) in [4.78, 5) is 33.2. The quantitative estimate of drug-likeness (QED) is 0.407. The molecular weight excluding hydrogens is 521 g/mol. The number of nitriles is 1. The summed E-state index contributed by atoms with van der Waals surface area (Å²) >= 11 is 6.92. The molecule has 198 valence electrons. The highest BCUT2D eigenvalue weighted by Crippen LogP contribution is 2.39. The summed E-state index contributed by atoms with van der Waals surface area (Å²) in [5.41, 5.74) is 1.93. The summed E-state index contributed by atoms with van der Waals surface area (Å²) in [5, 5.41) is 9.76. The highest BCUT2D eigenvalue weighted by atomic mass is 32.2. The molecule has 2 aliphatic heterocycles. The van der Waals surface area contributed by atoms with E-state index in [2.05, 4.69) is 15.9 Å². The Kier molecular flexibility index (Phi) is 7.59. The fourth-order valence-corrected chi connectivity index (χ4v) is 7.07. The monoisotopic (exact) mass is 551 g/mol. The Labute approximate surface area is 231 Å². The van der Waals surface area contributed by atoms with Gasteiger partial charge >= 0.3 is 0 Å². The van der Waals surface area contributed by atoms with Gasteiger partial charge in [-0.2, -0.15) is 5.26 Å². The van der Waals surface area contributed by atoms with Crippen LogP contribution in [0.4, 0.5) is 15.9 Å². The molecule has 0 atom stereocenters. The molecule has 0 radical (unpaired) electrons. The lowest BCUT2D eigenvalue weighted by atomic mass is 9.94. The van der Waals surface area contributed by atoms with Crippen LogP contribution in [0, 0.1) is 24.1 Å². The Balaban J connectivity index is 1.49. The van der Waals surface area contributed by atoms with Crippen molar-refractivity contribution >= 4 is 51.8 Å². The second-order valence-electron chi connectivity index (χ2n) is 10.0. The van der Waals surface area contributed by atoms with Gasteiger partial charge in [0.25, 0.3) is 11.5 Å². The molecule has 7 nitrogen and oxygen atoms in total. The normalized spacial score (nSPS) is 19.9. The van der Waals surface area contributed by atoms with Crippen LogP contribution in [-0.2, 0) is 11.8 Å². The van der Waals surface area contributed by atoms with Crippen molar-refractivity contribution in [2.75, 3.05) is 36.0 Å². The number of carbonyl (C=O) groups is 1. The number of halogens is 1. The number of aromatic nitrogens is 1. The molecule has 10 heteroatoms. The van der Waals surface area contributed by atoms with Crippen molar-refractivity contribution in [2.45, 2.75) is 45.1 Å². The molecule has 0 spiro atoms. The first-order chi connectivity index (χ1) is 18.3. The van der Waals surface area contributed by atoms with Crippen molar-refractivity contribution in [1.29, 1.82) is 5.26 Å². The van der Waals surface area contributed by atoms with Crippen LogP contribution < -0.4 is 15.4 Å². The van der Waals surface area contributed by atoms with Gasteiger partial charge in [-0.05, 0) is 55.7 Å². The van der Waals surface area contributed by atoms with Gasteiger partial charge in [-0.3, -0.25) is 19.1 Å². The SMILES string of the molecule is Cc1c(/C=C2/SC(=S)N(C3CCCCC3)C2=O)c(N2CCN(c3ccc(F)cc3)CC2)n(C)c(=O)c1C#N. The molecule has 0 bridgehead atoms. The minimum Gasteiger partial charge on any atom is -0.368 e. The van der Waals surface area contributed by atoms with Gasteiger partial charge in [0, 0.05) is 50.5 Å². The summed E-state index contributed by atoms with van der Waals surface area (Å²) in [6.45, 7) is 4.38. The number of thioether (sulfide) groups is 1. The smallest absolute Gasteiger partial charge is 0.270 e. The van der Waals surface area contributed by atoms with Crippen LogP contribution in [0.3, 0.4) is 0 Å². The standard InChI is InChI=1S/C28H30FN5O2S2/c1-18-22(16-24-27(36)34(28(37)38-24)21-6-4-3-5-7-21)25(31(2)26(35)23(18)17-30)33-14-12-32(13-15-33)20-10-8-19(29)9-11-20/h8-11,16,21H,3-7,12-15H2,1-2H3/b24-16+. The van der Waals surface area contributed by atoms with Crippen LogP contribution in [0.1, 0.15) is 48.8 Å². The maximum absolute atomic E-state index is 13.5. The lowest BCUT2D eigenvalue weighted by Crippen LogP contribution is -2.48. The molecule has 0 N–H and O–H groups in total. The molecule has 1 aromatic carbocycles. The van der Waals surface area contributed by atoms with E-state index in [-0.39, 0.29) is 28.9 Å². The molecule has 2 aromatic rings. The van der Waals surface area contributed by atoms with Crippen molar-refractivity contribution in [3.63, 3.8) is 0 Å². The average molecular weight is 552 g/mol. The van der Waals surface area contributed by atoms with Crippen molar-refractivity contribution in [3.8, 4) is 6.07 Å². The number of rotatable bonds is 4. The fraction of sp³-hybridized carbons (Fsp3) is 0.429. The zero-order valence-electron chi connectivity index (χ0n) is 21.6. The molecule has 1 saturated carbocycles. The maximum Gasteiger partial charge on any atom is 0.270 e. The van der Waals surface area contributed by atoms with Gasteiger partial charge < -0.3 is 9.80 Å². The number of thiocarbonyl (C=S) groups is 1. The van der Waals surface area contributed by atoms with E-state index >= 15 is 0 Å². The van der Waals surface area contributed by atoms with Gasteiger partial charge in [0.15, 0.2) is 0 Å². The minimum atomic E-state index is -0.354. The predicted molar refractivity (Wildman–Crippen MR) is 154 cm³/mol. The highest BCUT2D eigenvalue weighted by molar-refractivity contribution is 8.26. The Morgan fingerprint density at radius 3 is 2.32 bits per heavy atom. The van der Waals surface area contributed by atoms with Crippen LogP contribution in [-0.4, -0.2) is 51.9 Å². The third-order valence-electron chi connectivity index (χ3n) is 7.78. The number of anilines is 2. The topological polar surface area (TPSA) is 72.6 Å². The van der Waals surface area contributed by atoms with Gasteiger partial charge in [0.2, 0.25) is 0 Å². The summed E-state index contributed by atoms with van der Waals surface area (Å²) in [7, 11) is 1.68. The number of carbonyl (C=O) groups excluding carboxylic acids is 1. The zero-order chi connectivity index (χ0) is 27.0. The molecule has 1 aromatic heterocycles. The third kappa shape index (κ3) is 4.85. The van der Waals surface area contributed by atoms with Crippen molar-refractivity contribution in [1.82, 2.24) is 9.47 Å². The van der Waals surface area contributed by atoms with Gasteiger partial charge in [-0.1, -0.05) is 43.2 Å². The number of amides is 1. The zero-order valence-corrected chi connectivity index (χ0v) is 23.2. The largest absolute Gasteiger partial charge is 0.368 e. The Morgan fingerprint density at radius 2 is 1.68 bits per heavy atom. The lowest BCUT2D eigenvalue weighted by Gasteiger charge is -2.38. The van der Waals surface area contributed by atoms with Crippen LogP contribution in [0.25, 0.3) is 6.08 Å². The number of nitrogens with zero attached hydrogens (tertiary/aromatic N) is 5. The van der Waals surface area contributed by atoms with E-state index in [1.807, 2.05) is 6.08 Å². The number of hydrogen-bond acceptors (Lipinski definition) is 7. The predicted octanol–water partition coefficient (Wildman–Crippen LogP) is 4.57. The summed E-state index contributed by atoms with van der Waals surface area (Å²) < 4.78 is 15.5. The van der Waals surface area contributed by atoms with Crippen molar-refractivity contribution < 1.29 is 9.18 Å². The molecule has 5 rings (SSSR count). The van der Waals surface area contributed by atoms with E-state index in [1.165, 1.54) is 34.9 Å². The minimum absolute atomic E-state index is 0.0789. The number of hydrogen-bond donors (Lipinski definition) is 0. The summed E-state index contributed by atoms with van der Waals surface area (Å²) in [6, 6.07) is 8.65. The van der Waals surface area contributed by atoms with Crippen LogP contribution >= 0.6 is 24.0 Å². The molecular formula is C28H30FN5O2S2. The first kappa shape index (κ1) is 26.4. The molecule has 3 aliphatic rings. The van der Waals surface area contributed by atoms with Crippen LogP contribution in [0.15, 0.2) is 34.0 Å². The molecule has 3 fully saturated rings. The Bertz CT molecular complexity index is 1400. The number of benzene rings is 1. The van der Waals surface area contributed by atoms with Gasteiger partial charge in [0.1, 0.15) is 27.6 Å². The maximum atomic E-state index is 13.5. The van der Waals surface area contributed by atoms with E-state index in [4.69, 9.17) is 12.2 Å². The number of pyridine rings is 1. The highest BCUT2D eigenvalue weighted by Gasteiger charge is 2.38. The molecule has 38 heavy (non-hydrogen) atoms. The molecule has 1 amide bonds. The molecule has 3 heterocycles. The van der Waals surface area contributed by atoms with E-state index in [1.54, 1.807) is 31.0 Å². The van der Waals surface area contributed by atoms with Gasteiger partial charge in [-0.15, -0.1) is 0 Å². The van der Waals surface area contributed by atoms with Crippen LogP contribution in [0.5, 0.6) is 0 Å². The van der Waals surface area contributed by atoms with E-state index in [9.17, 15) is 19.2 Å². The summed E-state index contributed by atoms with van der Waals surface area (Å²) in [5.74, 6) is 0.327. The lowest BCUT2D eigenvalue weighted by molar-refractivity contribution is -0.124. The summed E-state index contributed by atoms with van der Waals surface area (Å²) in [6.07, 6.45) is 7.12. The Hall–Kier alpha value is -3.16. The van der Waals surface area contributed by atoms with Gasteiger partial charge in [0.05, 0.1) is 4.91 Å². The van der Waals surface area contributed by atoms with E-state index in [0.29, 0.717) is 52.3 Å². The van der Waals surface area contributed by atoms with Crippen molar-refractivity contribution in [2.24, 2.45) is 7.05 Å². The van der Waals surface area contributed by atoms with E-state index in [0.717, 1.165) is 31.4 Å². The average Bonchev–Trinajstić information content (AvgIpc) is 3.21.